The highest BCUT2D eigenvalue weighted by Crippen LogP contribution is 2.24. The Hall–Kier alpha value is -1.76. The summed E-state index contributed by atoms with van der Waals surface area (Å²) in [5, 5.41) is 19.5. The fraction of sp³-hybridized carbons (Fsp3) is 0.826. The fourth-order valence-corrected chi connectivity index (χ4v) is 3.55. The van der Waals surface area contributed by atoms with Crippen molar-refractivity contribution >= 4 is 11.9 Å². The van der Waals surface area contributed by atoms with Crippen LogP contribution in [-0.2, 0) is 23.8 Å². The molecule has 0 aromatic heterocycles. The van der Waals surface area contributed by atoms with Crippen LogP contribution in [0.5, 0.6) is 0 Å². The topological polar surface area (TPSA) is 102 Å². The van der Waals surface area contributed by atoms with E-state index in [-0.39, 0.29) is 12.4 Å². The average Bonchev–Trinajstić information content (AvgIpc) is 3.03. The second kappa shape index (κ2) is 16.0. The van der Waals surface area contributed by atoms with Gasteiger partial charge in [0.1, 0.15) is 12.7 Å². The van der Waals surface area contributed by atoms with Gasteiger partial charge in [0.25, 0.3) is 0 Å². The van der Waals surface area contributed by atoms with Gasteiger partial charge in [0, 0.05) is 6.42 Å². The van der Waals surface area contributed by atoms with E-state index in [1.165, 1.54) is 71.3 Å². The molecule has 0 unspecified atom stereocenters. The zero-order valence-electron chi connectivity index (χ0n) is 18.7. The first-order valence-corrected chi connectivity index (χ1v) is 11.5. The molecule has 0 aromatic rings. The molecule has 7 heteroatoms. The number of aliphatic hydroxyl groups is 2. The molecule has 0 amide bonds. The number of unbranched alkanes of at least 4 members (excludes halogenated alkanes) is 12. The van der Waals surface area contributed by atoms with Crippen LogP contribution in [0.2, 0.25) is 0 Å². The molecule has 0 bridgehead atoms. The van der Waals surface area contributed by atoms with Crippen LogP contribution in [0, 0.1) is 0 Å². The normalized spacial score (nSPS) is 17.2. The van der Waals surface area contributed by atoms with Crippen LogP contribution in [0.1, 0.15) is 96.8 Å². The molecule has 174 valence electrons. The second-order valence-electron chi connectivity index (χ2n) is 7.99. The third kappa shape index (κ3) is 10.3. The molecule has 0 aliphatic carbocycles. The minimum atomic E-state index is -1.29. The molecule has 30 heavy (non-hydrogen) atoms. The van der Waals surface area contributed by atoms with E-state index in [0.717, 1.165) is 19.3 Å². The smallest absolute Gasteiger partial charge is 0.378 e. The Morgan fingerprint density at radius 2 is 1.47 bits per heavy atom. The van der Waals surface area contributed by atoms with Crippen molar-refractivity contribution in [3.05, 3.63) is 11.5 Å². The van der Waals surface area contributed by atoms with Gasteiger partial charge in [0.05, 0.1) is 7.11 Å². The molecule has 1 rings (SSSR count). The monoisotopic (exact) mass is 428 g/mol. The number of cyclic esters (lactones) is 1. The molecule has 7 nitrogen and oxygen atoms in total. The second-order valence-corrected chi connectivity index (χ2v) is 7.99. The third-order valence-corrected chi connectivity index (χ3v) is 5.39. The van der Waals surface area contributed by atoms with E-state index in [9.17, 15) is 19.8 Å². The number of hydrogen-bond acceptors (Lipinski definition) is 7. The van der Waals surface area contributed by atoms with E-state index in [1.807, 2.05) is 0 Å². The van der Waals surface area contributed by atoms with Crippen LogP contribution in [0.25, 0.3) is 0 Å². The Morgan fingerprint density at radius 3 is 1.97 bits per heavy atom. The fourth-order valence-electron chi connectivity index (χ4n) is 3.55. The Morgan fingerprint density at radius 1 is 0.967 bits per heavy atom. The summed E-state index contributed by atoms with van der Waals surface area (Å²) in [5.41, 5.74) is 0. The molecule has 0 radical (unpaired) electrons. The van der Waals surface area contributed by atoms with Gasteiger partial charge < -0.3 is 24.4 Å². The summed E-state index contributed by atoms with van der Waals surface area (Å²) in [7, 11) is 1.26. The number of hydrogen-bond donors (Lipinski definition) is 2. The van der Waals surface area contributed by atoms with Gasteiger partial charge in [0.15, 0.2) is 11.9 Å². The van der Waals surface area contributed by atoms with Crippen molar-refractivity contribution in [1.29, 1.82) is 0 Å². The third-order valence-electron chi connectivity index (χ3n) is 5.39. The molecular formula is C23H40O7. The van der Waals surface area contributed by atoms with Crippen molar-refractivity contribution in [2.24, 2.45) is 0 Å². The van der Waals surface area contributed by atoms with Crippen LogP contribution >= 0.6 is 0 Å². The minimum absolute atomic E-state index is 0.153. The molecule has 1 aliphatic heterocycles. The Balaban J connectivity index is 1.97. The zero-order chi connectivity index (χ0) is 22.2. The van der Waals surface area contributed by atoms with Crippen LogP contribution in [-0.4, -0.2) is 48.1 Å². The molecule has 1 aliphatic rings. The van der Waals surface area contributed by atoms with E-state index >= 15 is 0 Å². The summed E-state index contributed by atoms with van der Waals surface area (Å²) >= 11 is 0. The van der Waals surface area contributed by atoms with Gasteiger partial charge >= 0.3 is 11.9 Å². The van der Waals surface area contributed by atoms with Gasteiger partial charge in [-0.2, -0.15) is 0 Å². The van der Waals surface area contributed by atoms with Crippen molar-refractivity contribution < 1.29 is 34.0 Å². The maximum Gasteiger partial charge on any atom is 0.378 e. The number of rotatable bonds is 18. The summed E-state index contributed by atoms with van der Waals surface area (Å²) in [4.78, 5) is 23.1. The number of esters is 2. The van der Waals surface area contributed by atoms with E-state index < -0.39 is 29.9 Å². The molecule has 1 heterocycles. The molecule has 0 saturated carbocycles. The molecule has 2 N–H and O–H groups in total. The molecule has 0 spiro atoms. The predicted molar refractivity (Wildman–Crippen MR) is 114 cm³/mol. The van der Waals surface area contributed by atoms with Crippen molar-refractivity contribution in [2.75, 3.05) is 13.7 Å². The van der Waals surface area contributed by atoms with Crippen LogP contribution in [0.15, 0.2) is 11.5 Å². The van der Waals surface area contributed by atoms with E-state index in [4.69, 9.17) is 14.2 Å². The lowest BCUT2D eigenvalue weighted by Gasteiger charge is -2.18. The van der Waals surface area contributed by atoms with Crippen molar-refractivity contribution in [1.82, 2.24) is 0 Å². The average molecular weight is 429 g/mol. The van der Waals surface area contributed by atoms with Crippen molar-refractivity contribution in [3.63, 3.8) is 0 Å². The summed E-state index contributed by atoms with van der Waals surface area (Å²) < 4.78 is 14.7. The summed E-state index contributed by atoms with van der Waals surface area (Å²) in [5.74, 6) is -2.18. The van der Waals surface area contributed by atoms with Gasteiger partial charge in [-0.05, 0) is 6.42 Å². The summed E-state index contributed by atoms with van der Waals surface area (Å²) in [6.07, 6.45) is 13.9. The van der Waals surface area contributed by atoms with Gasteiger partial charge in [-0.25, -0.2) is 4.79 Å². The largest absolute Gasteiger partial charge is 0.499 e. The first-order chi connectivity index (χ1) is 14.5. The highest BCUT2D eigenvalue weighted by molar-refractivity contribution is 5.89. The zero-order valence-corrected chi connectivity index (χ0v) is 18.7. The number of carbonyl (C=O) groups is 2. The maximum absolute atomic E-state index is 11.8. The van der Waals surface area contributed by atoms with Gasteiger partial charge in [-0.1, -0.05) is 84.0 Å². The standard InChI is InChI=1S/C23H40O7/c1-3-4-5-6-7-8-9-10-11-12-13-14-15-16-19(25)29-17-18(24)21-22(28-2)20(26)23(27)30-21/h18,21,24,26H,3-17H2,1-2H3/t18-,21+/m0/s1. The predicted octanol–water partition coefficient (Wildman–Crippen LogP) is 4.71. The SMILES string of the molecule is CCCCCCCCCCCCCCCC(=O)OC[C@H](O)[C@H]1OC(=O)C(O)=C1OC. The summed E-state index contributed by atoms with van der Waals surface area (Å²) in [6, 6.07) is 0. The molecule has 0 fully saturated rings. The minimum Gasteiger partial charge on any atom is -0.499 e. The number of carbonyl (C=O) groups excluding carboxylic acids is 2. The van der Waals surface area contributed by atoms with Gasteiger partial charge in [0.2, 0.25) is 5.76 Å². The van der Waals surface area contributed by atoms with Gasteiger partial charge in [-0.15, -0.1) is 0 Å². The van der Waals surface area contributed by atoms with Crippen molar-refractivity contribution in [3.8, 4) is 0 Å². The van der Waals surface area contributed by atoms with Gasteiger partial charge in [-0.3, -0.25) is 4.79 Å². The summed E-state index contributed by atoms with van der Waals surface area (Å²) in [6.45, 7) is 1.92. The molecular weight excluding hydrogens is 388 g/mol. The first-order valence-electron chi connectivity index (χ1n) is 11.5. The maximum atomic E-state index is 11.8. The van der Waals surface area contributed by atoms with E-state index in [1.54, 1.807) is 0 Å². The lowest BCUT2D eigenvalue weighted by Crippen LogP contribution is -2.34. The molecule has 0 aromatic carbocycles. The number of methoxy groups -OCH3 is 1. The highest BCUT2D eigenvalue weighted by Gasteiger charge is 2.40. The first kappa shape index (κ1) is 26.3. The Bertz CT molecular complexity index is 530. The number of ether oxygens (including phenoxy) is 3. The highest BCUT2D eigenvalue weighted by atomic mass is 16.6. The Kier molecular flexibility index (Phi) is 14.0. The lowest BCUT2D eigenvalue weighted by atomic mass is 10.0. The lowest BCUT2D eigenvalue weighted by molar-refractivity contribution is -0.154. The van der Waals surface area contributed by atoms with E-state index in [2.05, 4.69) is 6.92 Å². The van der Waals surface area contributed by atoms with Crippen molar-refractivity contribution in [2.45, 2.75) is 109 Å². The van der Waals surface area contributed by atoms with Crippen LogP contribution < -0.4 is 0 Å². The van der Waals surface area contributed by atoms with E-state index in [0.29, 0.717) is 6.42 Å². The molecule has 2 atom stereocenters. The quantitative estimate of drug-likeness (QED) is 0.241. The Labute approximate surface area is 180 Å². The van der Waals surface area contributed by atoms with Crippen LogP contribution in [0.4, 0.5) is 0 Å². The number of aliphatic hydroxyl groups excluding tert-OH is 2. The molecule has 0 saturated heterocycles. The van der Waals surface area contributed by atoms with Crippen LogP contribution in [0.3, 0.4) is 0 Å².